The van der Waals surface area contributed by atoms with Gasteiger partial charge in [-0.2, -0.15) is 0 Å². The van der Waals surface area contributed by atoms with Crippen LogP contribution in [0.4, 0.5) is 0 Å². The lowest BCUT2D eigenvalue weighted by Gasteiger charge is -2.12. The van der Waals surface area contributed by atoms with Gasteiger partial charge in [0.25, 0.3) is 0 Å². The van der Waals surface area contributed by atoms with Crippen molar-refractivity contribution in [1.29, 1.82) is 0 Å². The molecule has 0 bridgehead atoms. The smallest absolute Gasteiger partial charge is 0.126 e. The molecule has 0 aliphatic rings. The molecule has 1 atom stereocenters. The van der Waals surface area contributed by atoms with E-state index in [1.54, 1.807) is 7.11 Å². The number of rotatable bonds is 3. The molecule has 0 spiro atoms. The van der Waals surface area contributed by atoms with Crippen molar-refractivity contribution in [1.82, 2.24) is 0 Å². The Bertz CT molecular complexity index is 552. The van der Waals surface area contributed by atoms with Gasteiger partial charge < -0.3 is 10.5 Å². The third kappa shape index (κ3) is 2.50. The van der Waals surface area contributed by atoms with Crippen LogP contribution in [0.2, 0.25) is 5.02 Å². The van der Waals surface area contributed by atoms with E-state index in [1.165, 1.54) is 0 Å². The summed E-state index contributed by atoms with van der Waals surface area (Å²) in [6.45, 7) is 1.92. The lowest BCUT2D eigenvalue weighted by Crippen LogP contribution is -2.05. The summed E-state index contributed by atoms with van der Waals surface area (Å²) in [5.41, 5.74) is 8.86. The quantitative estimate of drug-likeness (QED) is 0.905. The second-order valence-electron chi connectivity index (χ2n) is 4.23. The van der Waals surface area contributed by atoms with Crippen LogP contribution in [0.3, 0.4) is 0 Å². The summed E-state index contributed by atoms with van der Waals surface area (Å²) in [5.74, 6) is 0.835. The fraction of sp³-hybridized carbons (Fsp3) is 0.200. The van der Waals surface area contributed by atoms with Crippen molar-refractivity contribution in [3.63, 3.8) is 0 Å². The average molecular weight is 262 g/mol. The minimum Gasteiger partial charge on any atom is -0.496 e. The first-order valence-electron chi connectivity index (χ1n) is 5.82. The molecule has 18 heavy (non-hydrogen) atoms. The second-order valence-corrected chi connectivity index (χ2v) is 4.63. The highest BCUT2D eigenvalue weighted by Crippen LogP contribution is 2.33. The predicted octanol–water partition coefficient (Wildman–Crippen LogP) is 4.04. The predicted molar refractivity (Wildman–Crippen MR) is 76.0 cm³/mol. The van der Waals surface area contributed by atoms with Gasteiger partial charge in [0.1, 0.15) is 5.75 Å². The lowest BCUT2D eigenvalue weighted by atomic mass is 10.0. The van der Waals surface area contributed by atoms with Crippen LogP contribution in [0.25, 0.3) is 11.1 Å². The van der Waals surface area contributed by atoms with Crippen molar-refractivity contribution in [2.75, 3.05) is 7.11 Å². The summed E-state index contributed by atoms with van der Waals surface area (Å²) in [5, 5.41) is 0.688. The maximum absolute atomic E-state index is 6.25. The summed E-state index contributed by atoms with van der Waals surface area (Å²) in [7, 11) is 1.66. The van der Waals surface area contributed by atoms with E-state index in [4.69, 9.17) is 22.1 Å². The Morgan fingerprint density at radius 2 is 1.89 bits per heavy atom. The molecular formula is C15H16ClNO. The van der Waals surface area contributed by atoms with Gasteiger partial charge in [-0.15, -0.1) is 0 Å². The third-order valence-corrected chi connectivity index (χ3v) is 3.24. The van der Waals surface area contributed by atoms with Gasteiger partial charge in [0.15, 0.2) is 0 Å². The molecule has 0 radical (unpaired) electrons. The van der Waals surface area contributed by atoms with Crippen molar-refractivity contribution in [3.05, 3.63) is 53.1 Å². The van der Waals surface area contributed by atoms with Crippen molar-refractivity contribution >= 4 is 11.6 Å². The number of ether oxygens (including phenoxy) is 1. The number of nitrogens with two attached hydrogens (primary N) is 1. The van der Waals surface area contributed by atoms with E-state index in [9.17, 15) is 0 Å². The minimum absolute atomic E-state index is 0.0655. The molecule has 94 valence electrons. The van der Waals surface area contributed by atoms with E-state index in [0.717, 1.165) is 22.4 Å². The van der Waals surface area contributed by atoms with E-state index in [0.29, 0.717) is 5.02 Å². The zero-order valence-corrected chi connectivity index (χ0v) is 11.2. The van der Waals surface area contributed by atoms with Gasteiger partial charge in [-0.05, 0) is 30.2 Å². The van der Waals surface area contributed by atoms with Crippen LogP contribution in [0.15, 0.2) is 42.5 Å². The maximum atomic E-state index is 6.25. The third-order valence-electron chi connectivity index (χ3n) is 2.91. The fourth-order valence-electron chi connectivity index (χ4n) is 1.95. The second kappa shape index (κ2) is 5.42. The number of halogens is 1. The standard InChI is InChI=1S/C15H16ClNO/c1-10(17)12-8-7-11(9-14(12)16)13-5-3-4-6-15(13)18-2/h3-10H,17H2,1-2H3. The Morgan fingerprint density at radius 3 is 2.50 bits per heavy atom. The minimum atomic E-state index is -0.0655. The molecule has 0 saturated carbocycles. The van der Waals surface area contributed by atoms with Gasteiger partial charge in [-0.3, -0.25) is 0 Å². The summed E-state index contributed by atoms with van der Waals surface area (Å²) in [4.78, 5) is 0. The molecule has 2 aromatic carbocycles. The number of benzene rings is 2. The molecule has 0 heterocycles. The van der Waals surface area contributed by atoms with Crippen molar-refractivity contribution in [3.8, 4) is 16.9 Å². The number of para-hydroxylation sites is 1. The van der Waals surface area contributed by atoms with Gasteiger partial charge in [-0.1, -0.05) is 41.9 Å². The van der Waals surface area contributed by atoms with Gasteiger partial charge >= 0.3 is 0 Å². The van der Waals surface area contributed by atoms with E-state index in [2.05, 4.69) is 0 Å². The summed E-state index contributed by atoms with van der Waals surface area (Å²) in [6, 6.07) is 13.7. The molecule has 2 aromatic rings. The average Bonchev–Trinajstić information content (AvgIpc) is 2.38. The van der Waals surface area contributed by atoms with Crippen molar-refractivity contribution in [2.45, 2.75) is 13.0 Å². The molecule has 0 saturated heterocycles. The molecule has 0 aromatic heterocycles. The van der Waals surface area contributed by atoms with E-state index >= 15 is 0 Å². The first-order valence-corrected chi connectivity index (χ1v) is 6.19. The van der Waals surface area contributed by atoms with E-state index in [1.807, 2.05) is 49.4 Å². The molecule has 0 fully saturated rings. The molecule has 0 amide bonds. The van der Waals surface area contributed by atoms with Crippen molar-refractivity contribution in [2.24, 2.45) is 5.73 Å². The van der Waals surface area contributed by atoms with Crippen molar-refractivity contribution < 1.29 is 4.74 Å². The highest BCUT2D eigenvalue weighted by atomic mass is 35.5. The van der Waals surface area contributed by atoms with E-state index in [-0.39, 0.29) is 6.04 Å². The van der Waals surface area contributed by atoms with Crippen LogP contribution in [0, 0.1) is 0 Å². The molecule has 2 nitrogen and oxygen atoms in total. The van der Waals surface area contributed by atoms with Crippen LogP contribution in [0.5, 0.6) is 5.75 Å². The molecule has 3 heteroatoms. The Hall–Kier alpha value is -1.51. The van der Waals surface area contributed by atoms with Gasteiger partial charge in [-0.25, -0.2) is 0 Å². The monoisotopic (exact) mass is 261 g/mol. The first-order chi connectivity index (χ1) is 8.63. The van der Waals surface area contributed by atoms with E-state index < -0.39 is 0 Å². The van der Waals surface area contributed by atoms with Crippen LogP contribution < -0.4 is 10.5 Å². The van der Waals surface area contributed by atoms with Gasteiger partial charge in [0, 0.05) is 16.6 Å². The Kier molecular flexibility index (Phi) is 3.90. The fourth-order valence-corrected chi connectivity index (χ4v) is 2.30. The van der Waals surface area contributed by atoms with Gasteiger partial charge in [0.05, 0.1) is 7.11 Å². The summed E-state index contributed by atoms with van der Waals surface area (Å²) >= 11 is 6.25. The Labute approximate surface area is 112 Å². The highest BCUT2D eigenvalue weighted by Gasteiger charge is 2.09. The van der Waals surface area contributed by atoms with Crippen LogP contribution >= 0.6 is 11.6 Å². The molecule has 0 aliphatic carbocycles. The maximum Gasteiger partial charge on any atom is 0.126 e. The number of methoxy groups -OCH3 is 1. The summed E-state index contributed by atoms with van der Waals surface area (Å²) in [6.07, 6.45) is 0. The lowest BCUT2D eigenvalue weighted by molar-refractivity contribution is 0.416. The molecular weight excluding hydrogens is 246 g/mol. The molecule has 2 N–H and O–H groups in total. The molecule has 2 rings (SSSR count). The van der Waals surface area contributed by atoms with Gasteiger partial charge in [0.2, 0.25) is 0 Å². The Balaban J connectivity index is 2.49. The normalized spacial score (nSPS) is 12.2. The topological polar surface area (TPSA) is 35.2 Å². The first kappa shape index (κ1) is 12.9. The Morgan fingerprint density at radius 1 is 1.17 bits per heavy atom. The SMILES string of the molecule is COc1ccccc1-c1ccc(C(C)N)c(Cl)c1. The van der Waals surface area contributed by atoms with Crippen LogP contribution in [-0.2, 0) is 0 Å². The zero-order valence-electron chi connectivity index (χ0n) is 10.5. The number of hydrogen-bond donors (Lipinski definition) is 1. The largest absolute Gasteiger partial charge is 0.496 e. The summed E-state index contributed by atoms with van der Waals surface area (Å²) < 4.78 is 5.35. The highest BCUT2D eigenvalue weighted by molar-refractivity contribution is 6.31. The van der Waals surface area contributed by atoms with Crippen LogP contribution in [0.1, 0.15) is 18.5 Å². The van der Waals surface area contributed by atoms with Crippen LogP contribution in [-0.4, -0.2) is 7.11 Å². The molecule has 0 aliphatic heterocycles. The molecule has 1 unspecified atom stereocenters. The zero-order chi connectivity index (χ0) is 13.1. The number of hydrogen-bond acceptors (Lipinski definition) is 2.